The second-order valence-corrected chi connectivity index (χ2v) is 9.59. The number of rotatable bonds is 8. The maximum absolute atomic E-state index is 15.1. The average Bonchev–Trinajstić information content (AvgIpc) is 2.95. The highest BCUT2D eigenvalue weighted by Gasteiger charge is 2.25. The number of benzene rings is 3. The summed E-state index contributed by atoms with van der Waals surface area (Å²) in [6.45, 7) is 5.15. The van der Waals surface area contributed by atoms with Gasteiger partial charge in [0.05, 0.1) is 40.0 Å². The predicted octanol–water partition coefficient (Wildman–Crippen LogP) is 5.41. The molecule has 0 aliphatic carbocycles. The summed E-state index contributed by atoms with van der Waals surface area (Å²) in [7, 11) is 0. The van der Waals surface area contributed by atoms with Crippen LogP contribution in [-0.2, 0) is 0 Å². The normalized spacial score (nSPS) is 12.0. The fourth-order valence-electron chi connectivity index (χ4n) is 4.50. The molecule has 0 bridgehead atoms. The van der Waals surface area contributed by atoms with Crippen LogP contribution in [0, 0.1) is 17.0 Å². The van der Waals surface area contributed by atoms with Gasteiger partial charge in [-0.2, -0.15) is 4.39 Å². The standard InChI is InChI=1S/C30H27F2N7O2/c1-16(2)41-22-14-13-20(24(31)25(22)32)26(33)23-27(34)35-15-36-28(23)37-17(3)29-38-21-12-8-7-11-19(21)30(40)39(29)18-9-5-4-6-10-18/h4-17,33H,1-3H3,(H3,34,35,36,37). The van der Waals surface area contributed by atoms with Crippen molar-refractivity contribution < 1.29 is 13.5 Å². The molecule has 2 aromatic heterocycles. The number of nitrogens with zero attached hydrogens (tertiary/aromatic N) is 4. The summed E-state index contributed by atoms with van der Waals surface area (Å²) in [4.78, 5) is 26.6. The largest absolute Gasteiger partial charge is 0.488 e. The van der Waals surface area contributed by atoms with Gasteiger partial charge >= 0.3 is 0 Å². The number of ether oxygens (including phenoxy) is 1. The van der Waals surface area contributed by atoms with Gasteiger partial charge < -0.3 is 15.8 Å². The number of hydrogen-bond donors (Lipinski definition) is 3. The molecular weight excluding hydrogens is 528 g/mol. The van der Waals surface area contributed by atoms with E-state index in [4.69, 9.17) is 20.9 Å². The second kappa shape index (κ2) is 11.1. The van der Waals surface area contributed by atoms with Gasteiger partial charge in [-0.05, 0) is 57.2 Å². The highest BCUT2D eigenvalue weighted by molar-refractivity contribution is 6.16. The van der Waals surface area contributed by atoms with Crippen LogP contribution >= 0.6 is 0 Å². The molecule has 0 aliphatic heterocycles. The fraction of sp³-hybridized carbons (Fsp3) is 0.167. The summed E-state index contributed by atoms with van der Waals surface area (Å²) in [6, 6.07) is 17.9. The monoisotopic (exact) mass is 555 g/mol. The van der Waals surface area contributed by atoms with Crippen molar-refractivity contribution in [1.29, 1.82) is 5.41 Å². The summed E-state index contributed by atoms with van der Waals surface area (Å²) in [6.07, 6.45) is 0.817. The highest BCUT2D eigenvalue weighted by Crippen LogP contribution is 2.30. The molecule has 2 heterocycles. The Balaban J connectivity index is 1.59. The van der Waals surface area contributed by atoms with Crippen LogP contribution in [0.15, 0.2) is 77.9 Å². The van der Waals surface area contributed by atoms with Crippen molar-refractivity contribution in [3.05, 3.63) is 112 Å². The number of nitrogens with two attached hydrogens (primary N) is 1. The minimum absolute atomic E-state index is 0.0374. The lowest BCUT2D eigenvalue weighted by Crippen LogP contribution is -2.28. The van der Waals surface area contributed by atoms with Crippen molar-refractivity contribution in [1.82, 2.24) is 19.5 Å². The van der Waals surface area contributed by atoms with Gasteiger partial charge in [0, 0.05) is 5.56 Å². The first-order valence-corrected chi connectivity index (χ1v) is 12.9. The highest BCUT2D eigenvalue weighted by atomic mass is 19.2. The molecule has 41 heavy (non-hydrogen) atoms. The molecule has 0 amide bonds. The molecule has 0 spiro atoms. The van der Waals surface area contributed by atoms with Crippen molar-refractivity contribution in [2.45, 2.75) is 32.9 Å². The third-order valence-corrected chi connectivity index (χ3v) is 6.36. The molecule has 0 radical (unpaired) electrons. The first kappa shape index (κ1) is 27.4. The van der Waals surface area contributed by atoms with Crippen molar-refractivity contribution in [2.75, 3.05) is 11.1 Å². The third-order valence-electron chi connectivity index (χ3n) is 6.36. The van der Waals surface area contributed by atoms with E-state index in [1.54, 1.807) is 57.2 Å². The van der Waals surface area contributed by atoms with E-state index in [0.717, 1.165) is 0 Å². The van der Waals surface area contributed by atoms with Gasteiger partial charge in [-0.15, -0.1) is 0 Å². The Hall–Kier alpha value is -5.19. The quantitative estimate of drug-likeness (QED) is 0.218. The van der Waals surface area contributed by atoms with Gasteiger partial charge in [-0.3, -0.25) is 14.8 Å². The van der Waals surface area contributed by atoms with E-state index in [-0.39, 0.29) is 40.2 Å². The van der Waals surface area contributed by atoms with E-state index in [1.165, 1.54) is 23.0 Å². The average molecular weight is 556 g/mol. The molecule has 1 atom stereocenters. The fourth-order valence-corrected chi connectivity index (χ4v) is 4.50. The summed E-state index contributed by atoms with van der Waals surface area (Å²) in [5.41, 5.74) is 6.17. The number of anilines is 2. The Bertz CT molecular complexity index is 1820. The van der Waals surface area contributed by atoms with Crippen LogP contribution in [-0.4, -0.2) is 31.3 Å². The molecule has 0 saturated heterocycles. The molecule has 1 unspecified atom stereocenters. The summed E-state index contributed by atoms with van der Waals surface area (Å²) >= 11 is 0. The van der Waals surface area contributed by atoms with Crippen molar-refractivity contribution >= 4 is 28.3 Å². The summed E-state index contributed by atoms with van der Waals surface area (Å²) in [5.74, 6) is -2.41. The van der Waals surface area contributed by atoms with Crippen LogP contribution in [0.5, 0.6) is 5.75 Å². The molecule has 0 aliphatic rings. The number of hydrogen-bond acceptors (Lipinski definition) is 8. The Morgan fingerprint density at radius 3 is 2.41 bits per heavy atom. The van der Waals surface area contributed by atoms with Gasteiger partial charge in [0.25, 0.3) is 5.56 Å². The van der Waals surface area contributed by atoms with Crippen molar-refractivity contribution in [2.24, 2.45) is 0 Å². The Labute approximate surface area is 234 Å². The Morgan fingerprint density at radius 1 is 0.976 bits per heavy atom. The number of para-hydroxylation sites is 2. The van der Waals surface area contributed by atoms with E-state index in [1.807, 2.05) is 18.2 Å². The zero-order valence-corrected chi connectivity index (χ0v) is 22.5. The van der Waals surface area contributed by atoms with Crippen LogP contribution in [0.1, 0.15) is 43.8 Å². The zero-order valence-electron chi connectivity index (χ0n) is 22.5. The molecule has 0 fully saturated rings. The number of nitrogen functional groups attached to an aromatic ring is 1. The lowest BCUT2D eigenvalue weighted by atomic mass is 10.0. The van der Waals surface area contributed by atoms with Crippen molar-refractivity contribution in [3.63, 3.8) is 0 Å². The molecule has 11 heteroatoms. The molecule has 0 saturated carbocycles. The number of halogens is 2. The minimum Gasteiger partial charge on any atom is -0.488 e. The first-order chi connectivity index (χ1) is 19.7. The lowest BCUT2D eigenvalue weighted by molar-refractivity contribution is 0.228. The third kappa shape index (κ3) is 5.21. The first-order valence-electron chi connectivity index (χ1n) is 12.9. The summed E-state index contributed by atoms with van der Waals surface area (Å²) in [5, 5.41) is 12.4. The molecule has 9 nitrogen and oxygen atoms in total. The Kier molecular flexibility index (Phi) is 7.43. The molecular formula is C30H27F2N7O2. The molecule has 208 valence electrons. The van der Waals surface area contributed by atoms with Gasteiger partial charge in [-0.25, -0.2) is 19.3 Å². The summed E-state index contributed by atoms with van der Waals surface area (Å²) < 4.78 is 36.7. The number of aromatic nitrogens is 4. The predicted molar refractivity (Wildman–Crippen MR) is 154 cm³/mol. The van der Waals surface area contributed by atoms with Crippen molar-refractivity contribution in [3.8, 4) is 11.4 Å². The maximum atomic E-state index is 15.1. The molecule has 3 aromatic carbocycles. The maximum Gasteiger partial charge on any atom is 0.266 e. The number of fused-ring (bicyclic) bond motifs is 1. The second-order valence-electron chi connectivity index (χ2n) is 9.59. The SMILES string of the molecule is CC(C)Oc1ccc(C(=N)c2c(N)ncnc2NC(C)c2nc3ccccc3c(=O)n2-c2ccccc2)c(F)c1F. The van der Waals surface area contributed by atoms with E-state index >= 15 is 4.39 Å². The van der Waals surface area contributed by atoms with Crippen LogP contribution in [0.2, 0.25) is 0 Å². The van der Waals surface area contributed by atoms with Crippen LogP contribution in [0.4, 0.5) is 20.4 Å². The topological polar surface area (TPSA) is 132 Å². The van der Waals surface area contributed by atoms with Gasteiger partial charge in [-0.1, -0.05) is 30.3 Å². The van der Waals surface area contributed by atoms with E-state index < -0.39 is 23.4 Å². The smallest absolute Gasteiger partial charge is 0.266 e. The lowest BCUT2D eigenvalue weighted by Gasteiger charge is -2.22. The van der Waals surface area contributed by atoms with Crippen LogP contribution < -0.4 is 21.3 Å². The number of nitrogens with one attached hydrogen (secondary N) is 2. The minimum atomic E-state index is -1.26. The zero-order chi connectivity index (χ0) is 29.3. The van der Waals surface area contributed by atoms with E-state index in [2.05, 4.69) is 15.3 Å². The molecule has 5 rings (SSSR count). The Morgan fingerprint density at radius 2 is 1.68 bits per heavy atom. The van der Waals surface area contributed by atoms with E-state index in [9.17, 15) is 9.18 Å². The van der Waals surface area contributed by atoms with Gasteiger partial charge in [0.1, 0.15) is 23.8 Å². The van der Waals surface area contributed by atoms with E-state index in [0.29, 0.717) is 22.4 Å². The molecule has 4 N–H and O–H groups in total. The van der Waals surface area contributed by atoms with Crippen LogP contribution in [0.25, 0.3) is 16.6 Å². The molecule has 5 aromatic rings. The van der Waals surface area contributed by atoms with Gasteiger partial charge in [0.2, 0.25) is 5.82 Å². The van der Waals surface area contributed by atoms with Crippen LogP contribution in [0.3, 0.4) is 0 Å². The van der Waals surface area contributed by atoms with Gasteiger partial charge in [0.15, 0.2) is 11.6 Å².